The summed E-state index contributed by atoms with van der Waals surface area (Å²) in [6, 6.07) is 7.72. The highest BCUT2D eigenvalue weighted by Crippen LogP contribution is 2.21. The molecule has 0 aliphatic carbocycles. The molecule has 0 spiro atoms. The van der Waals surface area contributed by atoms with Gasteiger partial charge in [0.05, 0.1) is 19.3 Å². The van der Waals surface area contributed by atoms with Gasteiger partial charge in [0.25, 0.3) is 0 Å². The molecule has 0 radical (unpaired) electrons. The number of ether oxygens (including phenoxy) is 1. The Kier molecular flexibility index (Phi) is 4.84. The fourth-order valence-corrected chi connectivity index (χ4v) is 2.82. The smallest absolute Gasteiger partial charge is 0.306 e. The van der Waals surface area contributed by atoms with Crippen LogP contribution < -0.4 is 0 Å². The number of thioether (sulfide) groups is 1. The number of aromatic amines is 1. The van der Waals surface area contributed by atoms with Crippen LogP contribution in [0.25, 0.3) is 10.9 Å². The summed E-state index contributed by atoms with van der Waals surface area (Å²) in [6.45, 7) is 1.92. The van der Waals surface area contributed by atoms with Gasteiger partial charge in [0, 0.05) is 27.9 Å². The van der Waals surface area contributed by atoms with E-state index >= 15 is 0 Å². The van der Waals surface area contributed by atoms with E-state index < -0.39 is 0 Å². The number of hydrogen-bond acceptors (Lipinski definition) is 4. The normalized spacial score (nSPS) is 12.3. The molecule has 0 unspecified atom stereocenters. The maximum absolute atomic E-state index is 12.2. The van der Waals surface area contributed by atoms with Crippen molar-refractivity contribution in [3.05, 3.63) is 36.0 Å². The van der Waals surface area contributed by atoms with Gasteiger partial charge in [-0.05, 0) is 6.07 Å². The van der Waals surface area contributed by atoms with E-state index in [0.29, 0.717) is 17.7 Å². The lowest BCUT2D eigenvalue weighted by atomic mass is 10.1. The molecule has 1 atom stereocenters. The first-order chi connectivity index (χ1) is 9.61. The molecule has 0 fully saturated rings. The monoisotopic (exact) mass is 291 g/mol. The minimum absolute atomic E-state index is 0.0663. The summed E-state index contributed by atoms with van der Waals surface area (Å²) in [4.78, 5) is 26.5. The van der Waals surface area contributed by atoms with Gasteiger partial charge in [0.1, 0.15) is 0 Å². The highest BCUT2D eigenvalue weighted by atomic mass is 32.2. The molecular formula is C15H17NO3S. The molecule has 0 amide bonds. The molecule has 1 N–H and O–H groups in total. The number of nitrogens with one attached hydrogen (secondary N) is 1. The fourth-order valence-electron chi connectivity index (χ4n) is 1.97. The van der Waals surface area contributed by atoms with E-state index in [9.17, 15) is 9.59 Å². The van der Waals surface area contributed by atoms with E-state index in [1.54, 1.807) is 6.20 Å². The second-order valence-electron chi connectivity index (χ2n) is 4.57. The number of methoxy groups -OCH3 is 1. The second-order valence-corrected chi connectivity index (χ2v) is 6.00. The molecule has 5 heteroatoms. The number of H-pyrrole nitrogens is 1. The number of Topliss-reactive ketones (excluding diaryl/α,β-unsaturated/α-hetero) is 1. The third kappa shape index (κ3) is 3.42. The van der Waals surface area contributed by atoms with Crippen molar-refractivity contribution in [3.8, 4) is 0 Å². The van der Waals surface area contributed by atoms with Crippen LogP contribution in [0.2, 0.25) is 0 Å². The number of esters is 1. The molecule has 0 aliphatic rings. The maximum atomic E-state index is 12.2. The molecule has 0 bridgehead atoms. The van der Waals surface area contributed by atoms with Crippen LogP contribution in [0.3, 0.4) is 0 Å². The average molecular weight is 291 g/mol. The lowest BCUT2D eigenvalue weighted by Crippen LogP contribution is -2.11. The number of carbonyl (C=O) groups excluding carboxylic acids is 2. The Bertz CT molecular complexity index is 620. The van der Waals surface area contributed by atoms with Crippen LogP contribution in [-0.2, 0) is 9.53 Å². The fraction of sp³-hybridized carbons (Fsp3) is 0.333. The summed E-state index contributed by atoms with van der Waals surface area (Å²) in [5.74, 6) is 0.189. The second kappa shape index (κ2) is 6.61. The Balaban J connectivity index is 1.97. The van der Waals surface area contributed by atoms with Crippen molar-refractivity contribution < 1.29 is 14.3 Å². The SMILES string of the molecule is COC(=O)C[C@@H](C)SCC(=O)c1c[nH]c2ccccc12. The topological polar surface area (TPSA) is 59.2 Å². The summed E-state index contributed by atoms with van der Waals surface area (Å²) < 4.78 is 4.62. The quantitative estimate of drug-likeness (QED) is 0.656. The molecule has 2 aromatic rings. The van der Waals surface area contributed by atoms with Crippen LogP contribution in [0.4, 0.5) is 0 Å². The van der Waals surface area contributed by atoms with E-state index in [1.165, 1.54) is 18.9 Å². The Morgan fingerprint density at radius 3 is 2.85 bits per heavy atom. The van der Waals surface area contributed by atoms with E-state index in [-0.39, 0.29) is 17.0 Å². The molecular weight excluding hydrogens is 274 g/mol. The van der Waals surface area contributed by atoms with Gasteiger partial charge in [-0.15, -0.1) is 11.8 Å². The van der Waals surface area contributed by atoms with Crippen molar-refractivity contribution >= 4 is 34.4 Å². The van der Waals surface area contributed by atoms with Gasteiger partial charge in [-0.3, -0.25) is 9.59 Å². The third-order valence-corrected chi connectivity index (χ3v) is 4.23. The van der Waals surface area contributed by atoms with Gasteiger partial charge in [-0.25, -0.2) is 0 Å². The number of carbonyl (C=O) groups is 2. The van der Waals surface area contributed by atoms with Gasteiger partial charge < -0.3 is 9.72 Å². The number of para-hydroxylation sites is 1. The van der Waals surface area contributed by atoms with Crippen LogP contribution in [0.5, 0.6) is 0 Å². The minimum Gasteiger partial charge on any atom is -0.469 e. The van der Waals surface area contributed by atoms with E-state index in [4.69, 9.17) is 0 Å². The van der Waals surface area contributed by atoms with Crippen molar-refractivity contribution in [2.24, 2.45) is 0 Å². The first kappa shape index (κ1) is 14.7. The Labute approximate surface area is 121 Å². The molecule has 2 rings (SSSR count). The first-order valence-electron chi connectivity index (χ1n) is 6.39. The highest BCUT2D eigenvalue weighted by Gasteiger charge is 2.15. The first-order valence-corrected chi connectivity index (χ1v) is 7.44. The summed E-state index contributed by atoms with van der Waals surface area (Å²) in [7, 11) is 1.37. The molecule has 1 heterocycles. The van der Waals surface area contributed by atoms with Crippen molar-refractivity contribution in [1.82, 2.24) is 4.98 Å². The van der Waals surface area contributed by atoms with Crippen LogP contribution in [0.1, 0.15) is 23.7 Å². The molecule has 0 saturated carbocycles. The Morgan fingerprint density at radius 2 is 2.10 bits per heavy atom. The summed E-state index contributed by atoms with van der Waals surface area (Å²) in [6.07, 6.45) is 2.07. The number of fused-ring (bicyclic) bond motifs is 1. The number of ketones is 1. The van der Waals surface area contributed by atoms with Gasteiger partial charge in [-0.2, -0.15) is 0 Å². The third-order valence-electron chi connectivity index (χ3n) is 3.07. The van der Waals surface area contributed by atoms with E-state index in [1.807, 2.05) is 31.2 Å². The van der Waals surface area contributed by atoms with Gasteiger partial charge in [0.15, 0.2) is 5.78 Å². The van der Waals surface area contributed by atoms with E-state index in [0.717, 1.165) is 10.9 Å². The predicted molar refractivity (Wildman–Crippen MR) is 81.2 cm³/mol. The zero-order chi connectivity index (χ0) is 14.5. The minimum atomic E-state index is -0.246. The number of rotatable bonds is 6. The summed E-state index contributed by atoms with van der Waals surface area (Å²) in [5, 5.41) is 1.01. The van der Waals surface area contributed by atoms with Crippen molar-refractivity contribution in [2.75, 3.05) is 12.9 Å². The van der Waals surface area contributed by atoms with Crippen LogP contribution >= 0.6 is 11.8 Å². The van der Waals surface area contributed by atoms with Crippen molar-refractivity contribution in [2.45, 2.75) is 18.6 Å². The van der Waals surface area contributed by atoms with Gasteiger partial charge >= 0.3 is 5.97 Å². The molecule has 106 valence electrons. The number of benzene rings is 1. The summed E-state index contributed by atoms with van der Waals surface area (Å²) in [5.41, 5.74) is 1.67. The zero-order valence-electron chi connectivity index (χ0n) is 11.5. The van der Waals surface area contributed by atoms with Crippen LogP contribution in [0.15, 0.2) is 30.5 Å². The Hall–Kier alpha value is -1.75. The predicted octanol–water partition coefficient (Wildman–Crippen LogP) is 3.04. The molecule has 1 aromatic carbocycles. The van der Waals surface area contributed by atoms with Gasteiger partial charge in [-0.1, -0.05) is 25.1 Å². The molecule has 20 heavy (non-hydrogen) atoms. The van der Waals surface area contributed by atoms with Crippen molar-refractivity contribution in [1.29, 1.82) is 0 Å². The van der Waals surface area contributed by atoms with Gasteiger partial charge in [0.2, 0.25) is 0 Å². The lowest BCUT2D eigenvalue weighted by Gasteiger charge is -2.08. The molecule has 1 aromatic heterocycles. The number of hydrogen-bond donors (Lipinski definition) is 1. The molecule has 0 aliphatic heterocycles. The van der Waals surface area contributed by atoms with Crippen LogP contribution in [0, 0.1) is 0 Å². The van der Waals surface area contributed by atoms with E-state index in [2.05, 4.69) is 9.72 Å². The standard InChI is InChI=1S/C15H17NO3S/c1-10(7-15(18)19-2)20-9-14(17)12-8-16-13-6-4-3-5-11(12)13/h3-6,8,10,16H,7,9H2,1-2H3/t10-/m1/s1. The molecule has 4 nitrogen and oxygen atoms in total. The maximum Gasteiger partial charge on any atom is 0.306 e. The largest absolute Gasteiger partial charge is 0.469 e. The summed E-state index contributed by atoms with van der Waals surface area (Å²) >= 11 is 1.47. The zero-order valence-corrected chi connectivity index (χ0v) is 12.3. The number of aromatic nitrogens is 1. The lowest BCUT2D eigenvalue weighted by molar-refractivity contribution is -0.140. The highest BCUT2D eigenvalue weighted by molar-refractivity contribution is 8.00. The van der Waals surface area contributed by atoms with Crippen molar-refractivity contribution in [3.63, 3.8) is 0 Å². The van der Waals surface area contributed by atoms with Crippen LogP contribution in [-0.4, -0.2) is 34.8 Å². The molecule has 0 saturated heterocycles. The Morgan fingerprint density at radius 1 is 1.35 bits per heavy atom. The average Bonchev–Trinajstić information content (AvgIpc) is 2.88.